The van der Waals surface area contributed by atoms with Gasteiger partial charge in [-0.2, -0.15) is 0 Å². The van der Waals surface area contributed by atoms with Crippen molar-refractivity contribution in [3.8, 4) is 5.75 Å². The van der Waals surface area contributed by atoms with Gasteiger partial charge in [-0.05, 0) is 12.1 Å². The van der Waals surface area contributed by atoms with E-state index in [9.17, 15) is 24.8 Å². The second-order valence-electron chi connectivity index (χ2n) is 2.82. The van der Waals surface area contributed by atoms with Crippen LogP contribution in [0.3, 0.4) is 0 Å². The molecule has 0 aliphatic carbocycles. The zero-order valence-electron chi connectivity index (χ0n) is 8.13. The average molecular weight is 224 g/mol. The molecule has 1 rings (SSSR count). The van der Waals surface area contributed by atoms with Crippen molar-refractivity contribution in [3.05, 3.63) is 33.9 Å². The predicted molar refractivity (Wildman–Crippen MR) is 48.7 cm³/mol. The molecule has 0 fully saturated rings. The van der Waals surface area contributed by atoms with Crippen molar-refractivity contribution >= 4 is 17.6 Å². The van der Waals surface area contributed by atoms with Gasteiger partial charge in [0.2, 0.25) is 0 Å². The first kappa shape index (κ1) is 11.6. The van der Waals surface area contributed by atoms with Gasteiger partial charge in [-0.1, -0.05) is 0 Å². The van der Waals surface area contributed by atoms with Crippen LogP contribution in [0.4, 0.5) is 5.69 Å². The van der Waals surface area contributed by atoms with E-state index < -0.39 is 28.1 Å². The number of esters is 1. The number of nitrogens with zero attached hydrogens (tertiary/aromatic N) is 1. The van der Waals surface area contributed by atoms with E-state index in [1.54, 1.807) is 0 Å². The summed E-state index contributed by atoms with van der Waals surface area (Å²) in [5.41, 5.74) is -1.25. The second kappa shape index (κ2) is 4.39. The third-order valence-electron chi connectivity index (χ3n) is 1.65. The molecule has 0 atom stereocenters. The zero-order valence-corrected chi connectivity index (χ0v) is 8.13. The van der Waals surface area contributed by atoms with Crippen molar-refractivity contribution in [2.75, 3.05) is 0 Å². The minimum absolute atomic E-state index is 0.0858. The molecule has 0 bridgehead atoms. The highest BCUT2D eigenvalue weighted by Gasteiger charge is 2.15. The van der Waals surface area contributed by atoms with Gasteiger partial charge in [0.05, 0.1) is 16.5 Å². The van der Waals surface area contributed by atoms with Crippen molar-refractivity contribution in [1.29, 1.82) is 0 Å². The maximum absolute atomic E-state index is 10.6. The Balaban J connectivity index is 3.22. The topological polar surface area (TPSA) is 110 Å². The maximum atomic E-state index is 10.6. The number of benzene rings is 1. The third-order valence-corrected chi connectivity index (χ3v) is 1.65. The van der Waals surface area contributed by atoms with Crippen LogP contribution in [0.15, 0.2) is 18.2 Å². The van der Waals surface area contributed by atoms with E-state index in [1.165, 1.54) is 0 Å². The molecule has 84 valence electrons. The molecule has 0 aromatic heterocycles. The van der Waals surface area contributed by atoms with Gasteiger partial charge < -0.3 is 14.6 Å². The summed E-state index contributed by atoms with van der Waals surface area (Å²) in [6.45, 7) is 1.13. The lowest BCUT2D eigenvalue weighted by atomic mass is 10.1. The summed E-state index contributed by atoms with van der Waals surface area (Å²) in [6.07, 6.45) is 0. The molecule has 0 unspecified atom stereocenters. The second-order valence-corrected chi connectivity index (χ2v) is 2.82. The highest BCUT2D eigenvalue weighted by Crippen LogP contribution is 2.23. The maximum Gasteiger partial charge on any atom is 0.308 e. The summed E-state index contributed by atoms with van der Waals surface area (Å²) < 4.78 is 4.59. The van der Waals surface area contributed by atoms with Gasteiger partial charge in [0.1, 0.15) is 5.75 Å². The molecule has 1 aromatic rings. The number of carboxylic acid groups (broad SMARTS) is 1. The third kappa shape index (κ3) is 2.53. The Bertz CT molecular complexity index is 467. The lowest BCUT2D eigenvalue weighted by Gasteiger charge is -2.06. The van der Waals surface area contributed by atoms with Crippen LogP contribution in [0.5, 0.6) is 5.75 Å². The van der Waals surface area contributed by atoms with Gasteiger partial charge in [0, 0.05) is 13.0 Å². The van der Waals surface area contributed by atoms with Crippen LogP contribution in [-0.4, -0.2) is 16.9 Å². The van der Waals surface area contributed by atoms with Crippen molar-refractivity contribution in [2.24, 2.45) is 0 Å². The highest BCUT2D eigenvalue weighted by atomic mass is 16.6. The fourth-order valence-electron chi connectivity index (χ4n) is 1.07. The number of carbonyl (C=O) groups is 2. The number of hydrogen-bond donors (Lipinski definition) is 0. The molecule has 0 aliphatic heterocycles. The van der Waals surface area contributed by atoms with E-state index in [2.05, 4.69) is 4.74 Å². The summed E-state index contributed by atoms with van der Waals surface area (Å²) >= 11 is 0. The van der Waals surface area contributed by atoms with Crippen LogP contribution in [0, 0.1) is 10.1 Å². The number of rotatable bonds is 3. The molecule has 0 saturated heterocycles. The summed E-state index contributed by atoms with van der Waals surface area (Å²) in [6, 6.07) is 2.93. The lowest BCUT2D eigenvalue weighted by molar-refractivity contribution is -0.385. The molecule has 1 aromatic carbocycles. The molecule has 7 nitrogen and oxygen atoms in total. The fraction of sp³-hybridized carbons (Fsp3) is 0.111. The average Bonchev–Trinajstić information content (AvgIpc) is 2.16. The first-order valence-corrected chi connectivity index (χ1v) is 4.10. The number of aromatic carboxylic acids is 1. The van der Waals surface area contributed by atoms with Gasteiger partial charge in [0.25, 0.3) is 5.69 Å². The van der Waals surface area contributed by atoms with Gasteiger partial charge in [0.15, 0.2) is 0 Å². The van der Waals surface area contributed by atoms with Crippen LogP contribution in [0.25, 0.3) is 0 Å². The van der Waals surface area contributed by atoms with Crippen molar-refractivity contribution in [2.45, 2.75) is 6.92 Å². The van der Waals surface area contributed by atoms with Crippen LogP contribution in [-0.2, 0) is 4.79 Å². The number of hydrogen-bond acceptors (Lipinski definition) is 6. The quantitative estimate of drug-likeness (QED) is 0.306. The Morgan fingerprint density at radius 2 is 2.00 bits per heavy atom. The summed E-state index contributed by atoms with van der Waals surface area (Å²) in [5, 5.41) is 21.1. The molecule has 0 radical (unpaired) electrons. The molecular weight excluding hydrogens is 218 g/mol. The highest BCUT2D eigenvalue weighted by molar-refractivity contribution is 5.91. The summed E-state index contributed by atoms with van der Waals surface area (Å²) in [7, 11) is 0. The SMILES string of the molecule is CC(=O)Oc1ccc([N+](=O)[O-])c(C(=O)[O-])c1. The van der Waals surface area contributed by atoms with Gasteiger partial charge in [-0.25, -0.2) is 0 Å². The number of nitro benzene ring substituents is 1. The smallest absolute Gasteiger partial charge is 0.308 e. The summed E-state index contributed by atoms with van der Waals surface area (Å²) in [5.74, 6) is -2.45. The minimum atomic E-state index is -1.71. The first-order chi connectivity index (χ1) is 7.41. The van der Waals surface area contributed by atoms with Crippen molar-refractivity contribution in [3.63, 3.8) is 0 Å². The zero-order chi connectivity index (χ0) is 12.3. The van der Waals surface area contributed by atoms with Crippen molar-refractivity contribution in [1.82, 2.24) is 0 Å². The van der Waals surface area contributed by atoms with Gasteiger partial charge in [-0.3, -0.25) is 14.9 Å². The molecule has 0 spiro atoms. The number of carboxylic acids is 1. The Labute approximate surface area is 89.4 Å². The Morgan fingerprint density at radius 1 is 1.38 bits per heavy atom. The lowest BCUT2D eigenvalue weighted by Crippen LogP contribution is -2.23. The molecule has 0 heterocycles. The molecule has 0 aliphatic rings. The Morgan fingerprint density at radius 3 is 2.44 bits per heavy atom. The Kier molecular flexibility index (Phi) is 3.19. The molecule has 0 amide bonds. The van der Waals surface area contributed by atoms with E-state index in [4.69, 9.17) is 0 Å². The van der Waals surface area contributed by atoms with Crippen molar-refractivity contribution < 1.29 is 24.4 Å². The normalized spacial score (nSPS) is 9.56. The molecule has 7 heteroatoms. The molecule has 0 N–H and O–H groups in total. The predicted octanol–water partition coefficient (Wildman–Crippen LogP) is -0.116. The van der Waals surface area contributed by atoms with Crippen LogP contribution >= 0.6 is 0 Å². The van der Waals surface area contributed by atoms with Gasteiger partial charge in [-0.15, -0.1) is 0 Å². The van der Waals surface area contributed by atoms with Gasteiger partial charge >= 0.3 is 5.97 Å². The van der Waals surface area contributed by atoms with E-state index in [-0.39, 0.29) is 5.75 Å². The number of ether oxygens (including phenoxy) is 1. The van der Waals surface area contributed by atoms with Crippen LogP contribution in [0.1, 0.15) is 17.3 Å². The number of nitro groups is 1. The van der Waals surface area contributed by atoms with E-state index >= 15 is 0 Å². The molecule has 0 saturated carbocycles. The first-order valence-electron chi connectivity index (χ1n) is 4.10. The molecule has 16 heavy (non-hydrogen) atoms. The standard InChI is InChI=1S/C9H7NO6/c1-5(11)16-6-2-3-8(10(14)15)7(4-6)9(12)13/h2-4H,1H3,(H,12,13)/p-1. The molecular formula is C9H6NO6-. The number of carbonyl (C=O) groups excluding carboxylic acids is 2. The van der Waals surface area contributed by atoms with Crippen LogP contribution in [0.2, 0.25) is 0 Å². The Hall–Kier alpha value is -2.44. The van der Waals surface area contributed by atoms with E-state index in [0.717, 1.165) is 25.1 Å². The monoisotopic (exact) mass is 224 g/mol. The fourth-order valence-corrected chi connectivity index (χ4v) is 1.07. The largest absolute Gasteiger partial charge is 0.545 e. The van der Waals surface area contributed by atoms with E-state index in [0.29, 0.717) is 0 Å². The summed E-state index contributed by atoms with van der Waals surface area (Å²) in [4.78, 5) is 30.8. The van der Waals surface area contributed by atoms with Crippen LogP contribution < -0.4 is 9.84 Å². The minimum Gasteiger partial charge on any atom is -0.545 e. The van der Waals surface area contributed by atoms with E-state index in [1.807, 2.05) is 0 Å².